The van der Waals surface area contributed by atoms with Crippen molar-refractivity contribution in [2.24, 2.45) is 0 Å². The minimum atomic E-state index is -0.381. The number of nitrogens with zero attached hydrogens (tertiary/aromatic N) is 4. The molecule has 0 aliphatic heterocycles. The number of carbonyl (C=O) groups is 1. The van der Waals surface area contributed by atoms with Gasteiger partial charge in [0.05, 0.1) is 5.52 Å². The average Bonchev–Trinajstić information content (AvgIpc) is 3.09. The normalized spacial score (nSPS) is 12.4. The SMILES string of the molecule is Cc1cc2nnc(S[C@H](C(=O)N(C)C)c3ccccc3)n2c2ccccc12. The van der Waals surface area contributed by atoms with Crippen molar-refractivity contribution in [2.75, 3.05) is 14.1 Å². The van der Waals surface area contributed by atoms with Gasteiger partial charge in [-0.3, -0.25) is 9.20 Å². The molecular weight excluding hydrogens is 356 g/mol. The minimum Gasteiger partial charge on any atom is -0.348 e. The molecule has 0 fully saturated rings. The molecule has 4 aromatic rings. The van der Waals surface area contributed by atoms with Gasteiger partial charge in [0.15, 0.2) is 10.8 Å². The highest BCUT2D eigenvalue weighted by Crippen LogP contribution is 2.37. The Bertz CT molecular complexity index is 1120. The fourth-order valence-corrected chi connectivity index (χ4v) is 4.38. The maximum absolute atomic E-state index is 12.9. The maximum atomic E-state index is 12.9. The smallest absolute Gasteiger partial charge is 0.240 e. The number of hydrogen-bond acceptors (Lipinski definition) is 4. The Hall–Kier alpha value is -2.86. The summed E-state index contributed by atoms with van der Waals surface area (Å²) in [7, 11) is 3.55. The van der Waals surface area contributed by atoms with Crippen LogP contribution < -0.4 is 0 Å². The Morgan fingerprint density at radius 1 is 1.04 bits per heavy atom. The maximum Gasteiger partial charge on any atom is 0.240 e. The lowest BCUT2D eigenvalue weighted by Gasteiger charge is -2.20. The van der Waals surface area contributed by atoms with Gasteiger partial charge in [0, 0.05) is 19.5 Å². The van der Waals surface area contributed by atoms with Crippen molar-refractivity contribution < 1.29 is 4.79 Å². The van der Waals surface area contributed by atoms with E-state index in [1.807, 2.05) is 52.9 Å². The zero-order valence-corrected chi connectivity index (χ0v) is 16.3. The third kappa shape index (κ3) is 3.17. The molecule has 0 bridgehead atoms. The lowest BCUT2D eigenvalue weighted by molar-refractivity contribution is -0.128. The quantitative estimate of drug-likeness (QED) is 0.503. The van der Waals surface area contributed by atoms with Crippen LogP contribution in [0.3, 0.4) is 0 Å². The van der Waals surface area contributed by atoms with E-state index in [-0.39, 0.29) is 11.2 Å². The molecule has 4 rings (SSSR count). The molecule has 136 valence electrons. The second-order valence-electron chi connectivity index (χ2n) is 6.66. The van der Waals surface area contributed by atoms with E-state index in [2.05, 4.69) is 29.3 Å². The molecular formula is C21H20N4OS. The summed E-state index contributed by atoms with van der Waals surface area (Å²) in [5.74, 6) is 0.0272. The fourth-order valence-electron chi connectivity index (χ4n) is 3.18. The number of aromatic nitrogens is 3. The highest BCUT2D eigenvalue weighted by molar-refractivity contribution is 8.00. The van der Waals surface area contributed by atoms with Crippen LogP contribution in [0.4, 0.5) is 0 Å². The fraction of sp³-hybridized carbons (Fsp3) is 0.190. The standard InChI is InChI=1S/C21H20N4OS/c1-14-13-18-22-23-21(25(18)17-12-8-7-11-16(14)17)27-19(20(26)24(2)3)15-9-5-4-6-10-15/h4-13,19H,1-3H3/t19-/m0/s1. The first-order chi connectivity index (χ1) is 13.1. The Morgan fingerprint density at radius 2 is 1.74 bits per heavy atom. The van der Waals surface area contributed by atoms with Crippen LogP contribution >= 0.6 is 11.8 Å². The molecule has 0 aliphatic carbocycles. The first kappa shape index (κ1) is 17.5. The van der Waals surface area contributed by atoms with E-state index in [1.165, 1.54) is 11.8 Å². The second kappa shape index (κ2) is 7.04. The van der Waals surface area contributed by atoms with E-state index in [1.54, 1.807) is 19.0 Å². The van der Waals surface area contributed by atoms with Crippen LogP contribution in [0.15, 0.2) is 65.8 Å². The van der Waals surface area contributed by atoms with Crippen LogP contribution in [0, 0.1) is 6.92 Å². The lowest BCUT2D eigenvalue weighted by Crippen LogP contribution is -2.26. The molecule has 0 radical (unpaired) electrons. The molecule has 0 spiro atoms. The highest BCUT2D eigenvalue weighted by atomic mass is 32.2. The first-order valence-electron chi connectivity index (χ1n) is 8.72. The number of amides is 1. The number of benzene rings is 2. The van der Waals surface area contributed by atoms with Gasteiger partial charge in [-0.2, -0.15) is 0 Å². The van der Waals surface area contributed by atoms with Gasteiger partial charge < -0.3 is 4.90 Å². The summed E-state index contributed by atoms with van der Waals surface area (Å²) in [6.07, 6.45) is 0. The summed E-state index contributed by atoms with van der Waals surface area (Å²) < 4.78 is 2.03. The van der Waals surface area contributed by atoms with Gasteiger partial charge >= 0.3 is 0 Å². The van der Waals surface area contributed by atoms with Crippen molar-refractivity contribution in [1.29, 1.82) is 0 Å². The number of aryl methyl sites for hydroxylation is 1. The van der Waals surface area contributed by atoms with Crippen molar-refractivity contribution >= 4 is 34.2 Å². The van der Waals surface area contributed by atoms with Crippen LogP contribution in [-0.4, -0.2) is 39.5 Å². The van der Waals surface area contributed by atoms with E-state index >= 15 is 0 Å². The number of likely N-dealkylation sites (N-methyl/N-ethyl adjacent to an activating group) is 1. The van der Waals surface area contributed by atoms with Gasteiger partial charge in [-0.1, -0.05) is 60.3 Å². The molecule has 2 heterocycles. The molecule has 0 saturated heterocycles. The molecule has 27 heavy (non-hydrogen) atoms. The molecule has 2 aromatic carbocycles. The van der Waals surface area contributed by atoms with Crippen LogP contribution in [0.2, 0.25) is 0 Å². The zero-order chi connectivity index (χ0) is 19.0. The predicted molar refractivity (Wildman–Crippen MR) is 109 cm³/mol. The Labute approximate surface area is 162 Å². The van der Waals surface area contributed by atoms with Gasteiger partial charge in [-0.05, 0) is 30.2 Å². The number of hydrogen-bond donors (Lipinski definition) is 0. The molecule has 1 amide bonds. The third-order valence-corrected chi connectivity index (χ3v) is 5.75. The Kier molecular flexibility index (Phi) is 4.58. The monoisotopic (exact) mass is 376 g/mol. The number of para-hydroxylation sites is 1. The summed E-state index contributed by atoms with van der Waals surface area (Å²) in [4.78, 5) is 14.5. The third-order valence-electron chi connectivity index (χ3n) is 4.56. The van der Waals surface area contributed by atoms with Crippen molar-refractivity contribution in [3.8, 4) is 0 Å². The zero-order valence-electron chi connectivity index (χ0n) is 15.5. The molecule has 0 unspecified atom stereocenters. The summed E-state index contributed by atoms with van der Waals surface area (Å²) >= 11 is 1.43. The lowest BCUT2D eigenvalue weighted by atomic mass is 10.1. The molecule has 0 aliphatic rings. The van der Waals surface area contributed by atoms with Gasteiger partial charge in [0.25, 0.3) is 0 Å². The van der Waals surface area contributed by atoms with E-state index < -0.39 is 0 Å². The first-order valence-corrected chi connectivity index (χ1v) is 9.60. The summed E-state index contributed by atoms with van der Waals surface area (Å²) in [6, 6.07) is 20.0. The van der Waals surface area contributed by atoms with Crippen molar-refractivity contribution in [1.82, 2.24) is 19.5 Å². The van der Waals surface area contributed by atoms with Gasteiger partial charge in [-0.25, -0.2) is 0 Å². The highest BCUT2D eigenvalue weighted by Gasteiger charge is 2.26. The number of carbonyl (C=O) groups excluding carboxylic acids is 1. The largest absolute Gasteiger partial charge is 0.348 e. The predicted octanol–water partition coefficient (Wildman–Crippen LogP) is 4.11. The number of pyridine rings is 1. The van der Waals surface area contributed by atoms with Crippen molar-refractivity contribution in [2.45, 2.75) is 17.3 Å². The molecule has 0 N–H and O–H groups in total. The number of fused-ring (bicyclic) bond motifs is 3. The van der Waals surface area contributed by atoms with Crippen molar-refractivity contribution in [3.05, 3.63) is 71.8 Å². The van der Waals surface area contributed by atoms with Crippen molar-refractivity contribution in [3.63, 3.8) is 0 Å². The van der Waals surface area contributed by atoms with Crippen LogP contribution in [0.1, 0.15) is 16.4 Å². The number of rotatable bonds is 4. The van der Waals surface area contributed by atoms with Crippen LogP contribution in [-0.2, 0) is 4.79 Å². The Balaban J connectivity index is 1.86. The molecule has 1 atom stereocenters. The van der Waals surface area contributed by atoms with Gasteiger partial charge in [-0.15, -0.1) is 10.2 Å². The number of thioether (sulfide) groups is 1. The summed E-state index contributed by atoms with van der Waals surface area (Å²) in [5, 5.41) is 10.2. The van der Waals surface area contributed by atoms with E-state index in [9.17, 15) is 4.79 Å². The van der Waals surface area contributed by atoms with Crippen LogP contribution in [0.5, 0.6) is 0 Å². The van der Waals surface area contributed by atoms with E-state index in [0.717, 1.165) is 27.7 Å². The van der Waals surface area contributed by atoms with E-state index in [4.69, 9.17) is 0 Å². The molecule has 2 aromatic heterocycles. The molecule has 0 saturated carbocycles. The van der Waals surface area contributed by atoms with Gasteiger partial charge in [0.1, 0.15) is 5.25 Å². The topological polar surface area (TPSA) is 50.5 Å². The molecule has 5 nitrogen and oxygen atoms in total. The van der Waals surface area contributed by atoms with Gasteiger partial charge in [0.2, 0.25) is 5.91 Å². The summed E-state index contributed by atoms with van der Waals surface area (Å²) in [6.45, 7) is 2.08. The molecule has 6 heteroatoms. The average molecular weight is 376 g/mol. The van der Waals surface area contributed by atoms with E-state index in [0.29, 0.717) is 5.16 Å². The minimum absolute atomic E-state index is 0.0272. The van der Waals surface area contributed by atoms with Crippen LogP contribution in [0.25, 0.3) is 16.6 Å². The second-order valence-corrected chi connectivity index (χ2v) is 7.73. The summed E-state index contributed by atoms with van der Waals surface area (Å²) in [5.41, 5.74) is 3.95. The Morgan fingerprint density at radius 3 is 2.48 bits per heavy atom.